The minimum atomic E-state index is 1.14. The van der Waals surface area contributed by atoms with E-state index < -0.39 is 0 Å². The lowest BCUT2D eigenvalue weighted by molar-refractivity contribution is 0.564. The molecule has 0 amide bonds. The number of benzene rings is 2. The molecular formula is C24H30. The highest BCUT2D eigenvalue weighted by atomic mass is 14.3. The van der Waals surface area contributed by atoms with Crippen LogP contribution < -0.4 is 0 Å². The first-order valence-electron chi connectivity index (χ1n) is 10.2. The molecule has 0 aromatic heterocycles. The van der Waals surface area contributed by atoms with Crippen molar-refractivity contribution in [2.45, 2.75) is 77.0 Å². The van der Waals surface area contributed by atoms with Gasteiger partial charge in [-0.2, -0.15) is 0 Å². The highest BCUT2D eigenvalue weighted by Crippen LogP contribution is 2.41. The fourth-order valence-corrected chi connectivity index (χ4v) is 4.72. The van der Waals surface area contributed by atoms with Crippen LogP contribution >= 0.6 is 0 Å². The largest absolute Gasteiger partial charge is 0.0619 e. The monoisotopic (exact) mass is 318 g/mol. The third-order valence-corrected chi connectivity index (χ3v) is 6.04. The summed E-state index contributed by atoms with van der Waals surface area (Å²) < 4.78 is 0. The average molecular weight is 319 g/mol. The Kier molecular flexibility index (Phi) is 5.02. The van der Waals surface area contributed by atoms with Crippen LogP contribution in [-0.4, -0.2) is 0 Å². The van der Waals surface area contributed by atoms with Crippen molar-refractivity contribution >= 4 is 0 Å². The molecule has 0 spiro atoms. The van der Waals surface area contributed by atoms with E-state index in [1.54, 1.807) is 22.3 Å². The zero-order valence-electron chi connectivity index (χ0n) is 14.9. The molecule has 0 saturated heterocycles. The maximum Gasteiger partial charge on any atom is -0.00133 e. The minimum Gasteiger partial charge on any atom is -0.0619 e. The van der Waals surface area contributed by atoms with Crippen LogP contribution in [-0.2, 0) is 19.3 Å². The van der Waals surface area contributed by atoms with Gasteiger partial charge in [-0.05, 0) is 65.5 Å². The van der Waals surface area contributed by atoms with Gasteiger partial charge in [0.2, 0.25) is 0 Å². The highest BCUT2D eigenvalue weighted by Gasteiger charge is 2.22. The normalized spacial score (nSPS) is 18.5. The Morgan fingerprint density at radius 3 is 1.92 bits per heavy atom. The lowest BCUT2D eigenvalue weighted by Gasteiger charge is -2.16. The second-order valence-corrected chi connectivity index (χ2v) is 7.75. The van der Waals surface area contributed by atoms with Gasteiger partial charge in [0.25, 0.3) is 0 Å². The van der Waals surface area contributed by atoms with Gasteiger partial charge in [-0.1, -0.05) is 81.3 Å². The van der Waals surface area contributed by atoms with Crippen molar-refractivity contribution in [1.29, 1.82) is 0 Å². The van der Waals surface area contributed by atoms with Crippen LogP contribution in [0.2, 0.25) is 0 Å². The SMILES string of the molecule is c1ccc2c(c1)Cc1ccc3c(c1-2)CCCCCCCCCCC3. The van der Waals surface area contributed by atoms with E-state index in [4.69, 9.17) is 0 Å². The molecule has 0 heteroatoms. The molecule has 0 N–H and O–H groups in total. The molecule has 0 nitrogen and oxygen atoms in total. The van der Waals surface area contributed by atoms with Gasteiger partial charge < -0.3 is 0 Å². The second kappa shape index (κ2) is 7.55. The molecule has 2 aliphatic rings. The first kappa shape index (κ1) is 15.9. The van der Waals surface area contributed by atoms with Crippen molar-refractivity contribution < 1.29 is 0 Å². The molecule has 0 heterocycles. The summed E-state index contributed by atoms with van der Waals surface area (Å²) in [5, 5.41) is 0. The Morgan fingerprint density at radius 2 is 1.12 bits per heavy atom. The summed E-state index contributed by atoms with van der Waals surface area (Å²) >= 11 is 0. The Labute approximate surface area is 147 Å². The van der Waals surface area contributed by atoms with Crippen LogP contribution in [0.1, 0.15) is 80.0 Å². The smallest absolute Gasteiger partial charge is 0.00133 e. The molecule has 24 heavy (non-hydrogen) atoms. The van der Waals surface area contributed by atoms with Crippen LogP contribution in [0.25, 0.3) is 11.1 Å². The van der Waals surface area contributed by atoms with Crippen LogP contribution in [0.4, 0.5) is 0 Å². The molecule has 0 unspecified atom stereocenters. The molecule has 0 bridgehead atoms. The average Bonchev–Trinajstić information content (AvgIpc) is 2.99. The van der Waals surface area contributed by atoms with E-state index in [1.165, 1.54) is 81.8 Å². The number of rotatable bonds is 0. The molecule has 0 radical (unpaired) electrons. The third kappa shape index (κ3) is 3.29. The molecule has 2 aromatic carbocycles. The summed E-state index contributed by atoms with van der Waals surface area (Å²) in [4.78, 5) is 0. The number of hydrogen-bond acceptors (Lipinski definition) is 0. The standard InChI is InChI=1S/C24H30/c1-2-4-6-8-12-19-16-17-21-18-20-13-10-11-15-23(20)24(21)22(19)14-9-7-5-3-1/h10-11,13,15-17H,1-9,12,14,18H2. The molecule has 4 rings (SSSR count). The Balaban J connectivity index is 1.68. The zero-order chi connectivity index (χ0) is 16.2. The zero-order valence-corrected chi connectivity index (χ0v) is 14.9. The first-order chi connectivity index (χ1) is 11.9. The van der Waals surface area contributed by atoms with Gasteiger partial charge in [-0.25, -0.2) is 0 Å². The van der Waals surface area contributed by atoms with E-state index in [1.807, 2.05) is 0 Å². The minimum absolute atomic E-state index is 1.14. The quantitative estimate of drug-likeness (QED) is 0.424. The lowest BCUT2D eigenvalue weighted by atomic mass is 9.89. The maximum absolute atomic E-state index is 2.46. The van der Waals surface area contributed by atoms with Crippen molar-refractivity contribution in [3.05, 3.63) is 58.7 Å². The fraction of sp³-hybridized carbons (Fsp3) is 0.500. The molecule has 126 valence electrons. The van der Waals surface area contributed by atoms with Gasteiger partial charge in [-0.15, -0.1) is 0 Å². The predicted molar refractivity (Wildman–Crippen MR) is 104 cm³/mol. The van der Waals surface area contributed by atoms with Gasteiger partial charge in [0.1, 0.15) is 0 Å². The van der Waals surface area contributed by atoms with Gasteiger partial charge >= 0.3 is 0 Å². The molecule has 2 aromatic rings. The van der Waals surface area contributed by atoms with Gasteiger partial charge in [0, 0.05) is 0 Å². The van der Waals surface area contributed by atoms with Gasteiger partial charge in [0.15, 0.2) is 0 Å². The predicted octanol–water partition coefficient (Wildman–Crippen LogP) is 6.87. The molecule has 0 aliphatic heterocycles. The van der Waals surface area contributed by atoms with E-state index in [-0.39, 0.29) is 0 Å². The Bertz CT molecular complexity index is 695. The summed E-state index contributed by atoms with van der Waals surface area (Å²) in [7, 11) is 0. The van der Waals surface area contributed by atoms with E-state index in [0.717, 1.165) is 6.42 Å². The lowest BCUT2D eigenvalue weighted by Crippen LogP contribution is -2.00. The second-order valence-electron chi connectivity index (χ2n) is 7.75. The van der Waals surface area contributed by atoms with Crippen LogP contribution in [0.3, 0.4) is 0 Å². The summed E-state index contributed by atoms with van der Waals surface area (Å²) in [5.41, 5.74) is 9.57. The maximum atomic E-state index is 2.46. The van der Waals surface area contributed by atoms with Crippen molar-refractivity contribution in [3.8, 4) is 11.1 Å². The Hall–Kier alpha value is -1.56. The number of hydrogen-bond donors (Lipinski definition) is 0. The van der Waals surface area contributed by atoms with Gasteiger partial charge in [-0.3, -0.25) is 0 Å². The first-order valence-corrected chi connectivity index (χ1v) is 10.2. The van der Waals surface area contributed by atoms with Crippen LogP contribution in [0, 0.1) is 0 Å². The molecule has 0 atom stereocenters. The Morgan fingerprint density at radius 1 is 0.500 bits per heavy atom. The van der Waals surface area contributed by atoms with Gasteiger partial charge in [0.05, 0.1) is 0 Å². The molecule has 0 saturated carbocycles. The van der Waals surface area contributed by atoms with E-state index in [9.17, 15) is 0 Å². The summed E-state index contributed by atoms with van der Waals surface area (Å²) in [6.45, 7) is 0. The third-order valence-electron chi connectivity index (χ3n) is 6.04. The summed E-state index contributed by atoms with van der Waals surface area (Å²) in [6, 6.07) is 14.0. The van der Waals surface area contributed by atoms with Crippen molar-refractivity contribution in [2.24, 2.45) is 0 Å². The molecule has 2 aliphatic carbocycles. The van der Waals surface area contributed by atoms with Crippen molar-refractivity contribution in [3.63, 3.8) is 0 Å². The van der Waals surface area contributed by atoms with E-state index >= 15 is 0 Å². The fourth-order valence-electron chi connectivity index (χ4n) is 4.72. The van der Waals surface area contributed by atoms with E-state index in [0.29, 0.717) is 0 Å². The van der Waals surface area contributed by atoms with Crippen LogP contribution in [0.15, 0.2) is 36.4 Å². The highest BCUT2D eigenvalue weighted by molar-refractivity contribution is 5.80. The van der Waals surface area contributed by atoms with Crippen LogP contribution in [0.5, 0.6) is 0 Å². The number of aryl methyl sites for hydroxylation is 1. The topological polar surface area (TPSA) is 0 Å². The number of fused-ring (bicyclic) bond motifs is 5. The summed E-state index contributed by atoms with van der Waals surface area (Å²) in [5.74, 6) is 0. The van der Waals surface area contributed by atoms with Crippen molar-refractivity contribution in [2.75, 3.05) is 0 Å². The van der Waals surface area contributed by atoms with Crippen molar-refractivity contribution in [1.82, 2.24) is 0 Å². The van der Waals surface area contributed by atoms with E-state index in [2.05, 4.69) is 36.4 Å². The summed E-state index contributed by atoms with van der Waals surface area (Å²) in [6.07, 6.45) is 16.5. The molecular weight excluding hydrogens is 288 g/mol. The molecule has 0 fully saturated rings.